The van der Waals surface area contributed by atoms with Crippen LogP contribution in [0.15, 0.2) is 6.20 Å². The second-order valence-electron chi connectivity index (χ2n) is 2.82. The van der Waals surface area contributed by atoms with Crippen LogP contribution in [0.5, 0.6) is 0 Å². The molecule has 7 heteroatoms. The van der Waals surface area contributed by atoms with Crippen molar-refractivity contribution in [2.45, 2.75) is 18.7 Å². The van der Waals surface area contributed by atoms with E-state index in [1.54, 1.807) is 0 Å². The molecule has 0 N–H and O–H groups in total. The topological polar surface area (TPSA) is 56.0 Å². The normalized spacial score (nSPS) is 10.7. The second kappa shape index (κ2) is 4.61. The van der Waals surface area contributed by atoms with Gasteiger partial charge in [0.1, 0.15) is 11.8 Å². The molecule has 0 saturated carbocycles. The van der Waals surface area contributed by atoms with Gasteiger partial charge in [-0.3, -0.25) is 15.1 Å². The third-order valence-corrected chi connectivity index (χ3v) is 2.53. The molecule has 4 nitrogen and oxygen atoms in total. The Bertz CT molecular complexity index is 398. The Balaban J connectivity index is 3.44. The Morgan fingerprint density at radius 2 is 2.27 bits per heavy atom. The third kappa shape index (κ3) is 2.28. The van der Waals surface area contributed by atoms with Gasteiger partial charge in [-0.1, -0.05) is 15.9 Å². The van der Waals surface area contributed by atoms with Crippen molar-refractivity contribution >= 4 is 21.6 Å². The Hall–Kier alpha value is -1.11. The zero-order chi connectivity index (χ0) is 11.6. The summed E-state index contributed by atoms with van der Waals surface area (Å²) in [7, 11) is 0. The molecule has 0 unspecified atom stereocenters. The van der Waals surface area contributed by atoms with Gasteiger partial charge in [0, 0.05) is 5.33 Å². The first-order chi connectivity index (χ1) is 6.99. The van der Waals surface area contributed by atoms with Crippen molar-refractivity contribution in [3.63, 3.8) is 0 Å². The van der Waals surface area contributed by atoms with Crippen molar-refractivity contribution in [3.8, 4) is 0 Å². The van der Waals surface area contributed by atoms with Crippen LogP contribution in [0.1, 0.15) is 23.2 Å². The standard InChI is InChI=1S/C8H7BrF2N2O2/c1-4-5(2-9)12-3-6(13(14)15)7(4)8(10)11/h3,8H,2H2,1H3. The summed E-state index contributed by atoms with van der Waals surface area (Å²) in [6.07, 6.45) is -2.00. The van der Waals surface area contributed by atoms with Crippen LogP contribution in [0.3, 0.4) is 0 Å². The SMILES string of the molecule is Cc1c(CBr)ncc([N+](=O)[O-])c1C(F)F. The van der Waals surface area contributed by atoms with Crippen molar-refractivity contribution in [2.24, 2.45) is 0 Å². The maximum Gasteiger partial charge on any atom is 0.296 e. The molecule has 1 aromatic rings. The zero-order valence-corrected chi connectivity index (χ0v) is 9.29. The number of halogens is 3. The highest BCUT2D eigenvalue weighted by atomic mass is 79.9. The minimum absolute atomic E-state index is 0.163. The van der Waals surface area contributed by atoms with E-state index in [0.717, 1.165) is 6.20 Å². The summed E-state index contributed by atoms with van der Waals surface area (Å²) in [5.74, 6) is 0. The molecule has 0 spiro atoms. The summed E-state index contributed by atoms with van der Waals surface area (Å²) >= 11 is 3.08. The lowest BCUT2D eigenvalue weighted by atomic mass is 10.1. The molecular formula is C8H7BrF2N2O2. The highest BCUT2D eigenvalue weighted by Gasteiger charge is 2.26. The average molecular weight is 281 g/mol. The molecule has 0 aromatic carbocycles. The van der Waals surface area contributed by atoms with E-state index < -0.39 is 22.6 Å². The minimum Gasteiger partial charge on any atom is -0.258 e. The summed E-state index contributed by atoms with van der Waals surface area (Å²) < 4.78 is 25.2. The first kappa shape index (κ1) is 12.0. The van der Waals surface area contributed by atoms with E-state index in [-0.39, 0.29) is 10.9 Å². The van der Waals surface area contributed by atoms with Crippen LogP contribution < -0.4 is 0 Å². The maximum atomic E-state index is 12.6. The van der Waals surface area contributed by atoms with Crippen LogP contribution in [0.25, 0.3) is 0 Å². The largest absolute Gasteiger partial charge is 0.296 e. The van der Waals surface area contributed by atoms with Gasteiger partial charge in [0.2, 0.25) is 0 Å². The number of aromatic nitrogens is 1. The summed E-state index contributed by atoms with van der Waals surface area (Å²) in [5, 5.41) is 10.8. The number of hydrogen-bond acceptors (Lipinski definition) is 3. The molecule has 0 amide bonds. The third-order valence-electron chi connectivity index (χ3n) is 2.00. The molecular weight excluding hydrogens is 274 g/mol. The Labute approximate surface area is 92.6 Å². The Morgan fingerprint density at radius 3 is 2.67 bits per heavy atom. The minimum atomic E-state index is -2.87. The van der Waals surface area contributed by atoms with Crippen molar-refractivity contribution in [1.82, 2.24) is 4.98 Å². The number of alkyl halides is 3. The lowest BCUT2D eigenvalue weighted by Crippen LogP contribution is -2.03. The van der Waals surface area contributed by atoms with Crippen LogP contribution in [-0.4, -0.2) is 9.91 Å². The molecule has 0 aliphatic heterocycles. The smallest absolute Gasteiger partial charge is 0.258 e. The molecule has 1 heterocycles. The number of hydrogen-bond donors (Lipinski definition) is 0. The molecule has 15 heavy (non-hydrogen) atoms. The van der Waals surface area contributed by atoms with Crippen molar-refractivity contribution in [2.75, 3.05) is 0 Å². The van der Waals surface area contributed by atoms with Gasteiger partial charge in [-0.05, 0) is 12.5 Å². The molecule has 82 valence electrons. The van der Waals surface area contributed by atoms with E-state index in [0.29, 0.717) is 5.69 Å². The lowest BCUT2D eigenvalue weighted by Gasteiger charge is -2.08. The number of nitrogens with zero attached hydrogens (tertiary/aromatic N) is 2. The summed E-state index contributed by atoms with van der Waals surface area (Å²) in [5.41, 5.74) is -0.636. The molecule has 0 radical (unpaired) electrons. The van der Waals surface area contributed by atoms with E-state index in [2.05, 4.69) is 20.9 Å². The van der Waals surface area contributed by atoms with Gasteiger partial charge in [-0.15, -0.1) is 0 Å². The van der Waals surface area contributed by atoms with Gasteiger partial charge in [0.15, 0.2) is 0 Å². The first-order valence-corrected chi connectivity index (χ1v) is 5.08. The highest BCUT2D eigenvalue weighted by Crippen LogP contribution is 2.32. The Morgan fingerprint density at radius 1 is 1.67 bits per heavy atom. The van der Waals surface area contributed by atoms with Crippen LogP contribution >= 0.6 is 15.9 Å². The monoisotopic (exact) mass is 280 g/mol. The van der Waals surface area contributed by atoms with Crippen LogP contribution in [0, 0.1) is 17.0 Å². The van der Waals surface area contributed by atoms with Crippen molar-refractivity contribution in [3.05, 3.63) is 33.1 Å². The quantitative estimate of drug-likeness (QED) is 0.486. The Kier molecular flexibility index (Phi) is 3.67. The summed E-state index contributed by atoms with van der Waals surface area (Å²) in [6.45, 7) is 1.40. The molecule has 1 rings (SSSR count). The molecule has 1 aromatic heterocycles. The summed E-state index contributed by atoms with van der Waals surface area (Å²) in [4.78, 5) is 13.4. The van der Waals surface area contributed by atoms with Crippen LogP contribution in [-0.2, 0) is 5.33 Å². The van der Waals surface area contributed by atoms with Crippen molar-refractivity contribution < 1.29 is 13.7 Å². The molecule has 0 saturated heterocycles. The van der Waals surface area contributed by atoms with E-state index in [1.807, 2.05) is 0 Å². The van der Waals surface area contributed by atoms with E-state index in [4.69, 9.17) is 0 Å². The molecule has 0 aliphatic carbocycles. The van der Waals surface area contributed by atoms with E-state index in [1.165, 1.54) is 6.92 Å². The molecule has 0 fully saturated rings. The fourth-order valence-electron chi connectivity index (χ4n) is 1.21. The van der Waals surface area contributed by atoms with Crippen LogP contribution in [0.4, 0.5) is 14.5 Å². The zero-order valence-electron chi connectivity index (χ0n) is 7.71. The van der Waals surface area contributed by atoms with E-state index >= 15 is 0 Å². The number of nitro groups is 1. The lowest BCUT2D eigenvalue weighted by molar-refractivity contribution is -0.386. The fourth-order valence-corrected chi connectivity index (χ4v) is 1.77. The predicted octanol–water partition coefficient (Wildman–Crippen LogP) is 3.13. The highest BCUT2D eigenvalue weighted by molar-refractivity contribution is 9.08. The van der Waals surface area contributed by atoms with Gasteiger partial charge in [-0.2, -0.15) is 0 Å². The number of pyridine rings is 1. The predicted molar refractivity (Wildman–Crippen MR) is 53.2 cm³/mol. The van der Waals surface area contributed by atoms with Gasteiger partial charge in [0.25, 0.3) is 12.1 Å². The van der Waals surface area contributed by atoms with Crippen molar-refractivity contribution in [1.29, 1.82) is 0 Å². The van der Waals surface area contributed by atoms with Gasteiger partial charge in [0.05, 0.1) is 10.6 Å². The van der Waals surface area contributed by atoms with Gasteiger partial charge in [-0.25, -0.2) is 8.78 Å². The molecule has 0 atom stereocenters. The van der Waals surface area contributed by atoms with E-state index in [9.17, 15) is 18.9 Å². The van der Waals surface area contributed by atoms with Gasteiger partial charge < -0.3 is 0 Å². The summed E-state index contributed by atoms with van der Waals surface area (Å²) in [6, 6.07) is 0. The average Bonchev–Trinajstić information content (AvgIpc) is 2.16. The molecule has 0 bridgehead atoms. The second-order valence-corrected chi connectivity index (χ2v) is 3.38. The van der Waals surface area contributed by atoms with Gasteiger partial charge >= 0.3 is 0 Å². The number of rotatable bonds is 3. The fraction of sp³-hybridized carbons (Fsp3) is 0.375. The maximum absolute atomic E-state index is 12.6. The van der Waals surface area contributed by atoms with Crippen LogP contribution in [0.2, 0.25) is 0 Å². The first-order valence-electron chi connectivity index (χ1n) is 3.96. The molecule has 0 aliphatic rings.